The van der Waals surface area contributed by atoms with Crippen molar-refractivity contribution in [2.75, 3.05) is 35.3 Å². The molecule has 0 amide bonds. The Balaban J connectivity index is 1.09. The van der Waals surface area contributed by atoms with Gasteiger partial charge in [-0.15, -0.1) is 0 Å². The number of rotatable bonds is 10. The van der Waals surface area contributed by atoms with Crippen molar-refractivity contribution < 1.29 is 39.5 Å². The minimum absolute atomic E-state index is 0.0102. The van der Waals surface area contributed by atoms with Crippen LogP contribution in [-0.4, -0.2) is 68.2 Å². The van der Waals surface area contributed by atoms with Crippen LogP contribution >= 0.6 is 23.2 Å². The lowest BCUT2D eigenvalue weighted by molar-refractivity contribution is -0.141. The summed E-state index contributed by atoms with van der Waals surface area (Å²) in [5, 5.41) is 6.08. The third-order valence-electron chi connectivity index (χ3n) is 9.11. The molecule has 0 aliphatic carbocycles. The number of hydrogen-bond acceptors (Lipinski definition) is 11. The van der Waals surface area contributed by atoms with Crippen molar-refractivity contribution in [2.24, 2.45) is 0 Å². The van der Waals surface area contributed by atoms with Crippen molar-refractivity contribution >= 4 is 66.7 Å². The minimum atomic E-state index is -4.85. The molecular weight excluding hydrogens is 841 g/mol. The van der Waals surface area contributed by atoms with Gasteiger partial charge < -0.3 is 15.4 Å². The average molecular weight is 870 g/mol. The number of nitrogens with one attached hydrogen (secondary N) is 2. The fourth-order valence-electron chi connectivity index (χ4n) is 6.31. The Labute approximate surface area is 333 Å². The van der Waals surface area contributed by atoms with Crippen molar-refractivity contribution in [1.29, 1.82) is 0 Å². The van der Waals surface area contributed by atoms with Crippen LogP contribution in [0.5, 0.6) is 0 Å². The highest BCUT2D eigenvalue weighted by Crippen LogP contribution is 2.34. The lowest BCUT2D eigenvalue weighted by Gasteiger charge is -2.24. The van der Waals surface area contributed by atoms with Crippen LogP contribution in [0.15, 0.2) is 76.3 Å². The fraction of sp³-hybridized carbons (Fsp3) is 0.278. The maximum absolute atomic E-state index is 13.8. The number of benzene rings is 2. The molecule has 58 heavy (non-hydrogen) atoms. The van der Waals surface area contributed by atoms with Crippen LogP contribution in [0.3, 0.4) is 0 Å². The summed E-state index contributed by atoms with van der Waals surface area (Å²) in [5.41, 5.74) is -4.60. The molecule has 6 aromatic rings. The van der Waals surface area contributed by atoms with Crippen LogP contribution in [0.4, 0.5) is 38.0 Å². The van der Waals surface area contributed by atoms with E-state index in [2.05, 4.69) is 30.6 Å². The van der Waals surface area contributed by atoms with Crippen LogP contribution in [-0.2, 0) is 33.5 Å². The van der Waals surface area contributed by atoms with Crippen LogP contribution in [0.25, 0.3) is 33.4 Å². The molecule has 2 N–H and O–H groups in total. The highest BCUT2D eigenvalue weighted by molar-refractivity contribution is 7.91. The third kappa shape index (κ3) is 8.59. The van der Waals surface area contributed by atoms with E-state index in [-0.39, 0.29) is 99.2 Å². The molecule has 1 aliphatic heterocycles. The molecule has 0 atom stereocenters. The molecule has 2 aromatic carbocycles. The molecule has 1 aliphatic rings. The lowest BCUT2D eigenvalue weighted by Crippen LogP contribution is -2.34. The van der Waals surface area contributed by atoms with Gasteiger partial charge in [0.25, 0.3) is 0 Å². The van der Waals surface area contributed by atoms with Crippen molar-refractivity contribution in [2.45, 2.75) is 37.8 Å². The smallest absolute Gasteiger partial charge is 0.375 e. The molecule has 1 saturated heterocycles. The van der Waals surface area contributed by atoms with Gasteiger partial charge >= 0.3 is 23.7 Å². The summed E-state index contributed by atoms with van der Waals surface area (Å²) in [6.07, 6.45) is -9.23. The number of fused-ring (bicyclic) bond motifs is 2. The summed E-state index contributed by atoms with van der Waals surface area (Å²) < 4.78 is 113. The van der Waals surface area contributed by atoms with E-state index in [1.807, 2.05) is 0 Å². The van der Waals surface area contributed by atoms with Crippen LogP contribution in [0.2, 0.25) is 10.0 Å². The highest BCUT2D eigenvalue weighted by Gasteiger charge is 2.35. The van der Waals surface area contributed by atoms with Crippen LogP contribution < -0.4 is 22.0 Å². The predicted octanol–water partition coefficient (Wildman–Crippen LogP) is 6.84. The van der Waals surface area contributed by atoms with E-state index in [9.17, 15) is 44.3 Å². The summed E-state index contributed by atoms with van der Waals surface area (Å²) in [7, 11) is -3.22. The summed E-state index contributed by atoms with van der Waals surface area (Å²) in [6.45, 7) is -0.0314. The Bertz CT molecular complexity index is 2790. The first kappa shape index (κ1) is 40.9. The SMILES string of the molecule is O=c1nc(NCCOCc2ccc(-n3c(=O)nc(NC4CCS(=O)(=O)CC4)c4ccc(C(F)(F)F)nc43)c(Cl)c2)c2ccc(C(F)(F)F)nc2n1-c1ccccc1Cl. The lowest BCUT2D eigenvalue weighted by atomic mass is 10.1. The van der Waals surface area contributed by atoms with E-state index in [0.717, 1.165) is 33.4 Å². The monoisotopic (exact) mass is 868 g/mol. The molecule has 1 fully saturated rings. The number of pyridine rings is 2. The number of aromatic nitrogens is 6. The van der Waals surface area contributed by atoms with Gasteiger partial charge in [0.2, 0.25) is 0 Å². The Morgan fingerprint density at radius 1 is 0.724 bits per heavy atom. The predicted molar refractivity (Wildman–Crippen MR) is 204 cm³/mol. The number of sulfone groups is 1. The molecule has 13 nitrogen and oxygen atoms in total. The second-order valence-corrected chi connectivity index (χ2v) is 16.2. The maximum atomic E-state index is 13.8. The van der Waals surface area contributed by atoms with E-state index in [1.54, 1.807) is 12.1 Å². The van der Waals surface area contributed by atoms with E-state index in [0.29, 0.717) is 5.56 Å². The van der Waals surface area contributed by atoms with Gasteiger partial charge in [-0.25, -0.2) is 37.1 Å². The molecule has 5 heterocycles. The Kier molecular flexibility index (Phi) is 11.1. The van der Waals surface area contributed by atoms with Crippen molar-refractivity contribution in [3.05, 3.63) is 115 Å². The van der Waals surface area contributed by atoms with Gasteiger partial charge in [0.1, 0.15) is 32.9 Å². The van der Waals surface area contributed by atoms with E-state index >= 15 is 0 Å². The summed E-state index contributed by atoms with van der Waals surface area (Å²) in [6, 6.07) is 13.7. The number of anilines is 2. The van der Waals surface area contributed by atoms with Crippen LogP contribution in [0.1, 0.15) is 29.8 Å². The highest BCUT2D eigenvalue weighted by atomic mass is 35.5. The normalized spacial score (nSPS) is 14.9. The number of alkyl halides is 6. The zero-order chi connectivity index (χ0) is 41.6. The molecule has 0 radical (unpaired) electrons. The second-order valence-electron chi connectivity index (χ2n) is 13.1. The largest absolute Gasteiger partial charge is 0.433 e. The second kappa shape index (κ2) is 15.8. The van der Waals surface area contributed by atoms with Crippen molar-refractivity contribution in [3.8, 4) is 11.4 Å². The first-order valence-corrected chi connectivity index (χ1v) is 19.8. The molecule has 0 spiro atoms. The molecular formula is C36H28Cl2F6N8O5S. The van der Waals surface area contributed by atoms with Crippen molar-refractivity contribution in [1.82, 2.24) is 29.1 Å². The molecule has 304 valence electrons. The minimum Gasteiger partial charge on any atom is -0.375 e. The molecule has 0 bridgehead atoms. The number of ether oxygens (including phenoxy) is 1. The zero-order valence-electron chi connectivity index (χ0n) is 29.5. The van der Waals surface area contributed by atoms with Gasteiger partial charge in [-0.2, -0.15) is 36.3 Å². The summed E-state index contributed by atoms with van der Waals surface area (Å²) >= 11 is 12.8. The Morgan fingerprint density at radius 2 is 1.28 bits per heavy atom. The maximum Gasteiger partial charge on any atom is 0.433 e. The van der Waals surface area contributed by atoms with Gasteiger partial charge in [-0.3, -0.25) is 0 Å². The first-order chi connectivity index (χ1) is 27.4. The quantitative estimate of drug-likeness (QED) is 0.110. The van der Waals surface area contributed by atoms with Crippen LogP contribution in [0, 0.1) is 0 Å². The molecule has 4 aromatic heterocycles. The molecule has 7 rings (SSSR count). The van der Waals surface area contributed by atoms with Gasteiger partial charge in [0.15, 0.2) is 11.3 Å². The number of halogens is 8. The molecule has 22 heteroatoms. The van der Waals surface area contributed by atoms with Gasteiger partial charge in [-0.1, -0.05) is 41.4 Å². The average Bonchev–Trinajstić information content (AvgIpc) is 3.15. The van der Waals surface area contributed by atoms with Crippen molar-refractivity contribution in [3.63, 3.8) is 0 Å². The Morgan fingerprint density at radius 3 is 1.84 bits per heavy atom. The summed E-state index contributed by atoms with van der Waals surface area (Å²) in [5.74, 6) is -0.300. The molecule has 0 unspecified atom stereocenters. The molecule has 0 saturated carbocycles. The number of para-hydroxylation sites is 1. The van der Waals surface area contributed by atoms with E-state index < -0.39 is 51.0 Å². The van der Waals surface area contributed by atoms with Gasteiger partial charge in [0, 0.05) is 12.6 Å². The summed E-state index contributed by atoms with van der Waals surface area (Å²) in [4.78, 5) is 42.2. The van der Waals surface area contributed by atoms with E-state index in [4.69, 9.17) is 27.9 Å². The first-order valence-electron chi connectivity index (χ1n) is 17.2. The standard InChI is InChI=1S/C36H28Cl2F6N8O5S/c37-23-3-1-2-4-25(23)51-31-21(6-9-27(47-31)35(39,40)41)29(49-33(51)53)45-13-14-57-18-19-5-8-26(24(38)17-19)52-32-22(7-10-28(48-32)36(42,43)44)30(50-34(52)54)46-20-11-15-58(55,56)16-12-20/h1-10,17,20H,11-16,18H2,(H,45,49,53)(H,46,50,54). The topological polar surface area (TPSA) is 163 Å². The third-order valence-corrected chi connectivity index (χ3v) is 11.4. The number of nitrogens with zero attached hydrogens (tertiary/aromatic N) is 6. The van der Waals surface area contributed by atoms with E-state index in [1.165, 1.54) is 30.3 Å². The zero-order valence-corrected chi connectivity index (χ0v) is 31.9. The Hall–Kier alpha value is -5.31. The van der Waals surface area contributed by atoms with Gasteiger partial charge in [-0.05, 0) is 66.9 Å². The number of hydrogen-bond donors (Lipinski definition) is 2. The fourth-order valence-corrected chi connectivity index (χ4v) is 8.31. The van der Waals surface area contributed by atoms with Gasteiger partial charge in [0.05, 0.1) is 56.9 Å².